The molecule has 24 heavy (non-hydrogen) atoms. The smallest absolute Gasteiger partial charge is 0.416 e. The number of halogens is 3. The van der Waals surface area contributed by atoms with Crippen LogP contribution < -0.4 is 0 Å². The number of alkyl halides is 3. The van der Waals surface area contributed by atoms with E-state index in [1.54, 1.807) is 0 Å². The summed E-state index contributed by atoms with van der Waals surface area (Å²) in [5.74, 6) is -1.19. The summed E-state index contributed by atoms with van der Waals surface area (Å²) in [7, 11) is -4.14. The minimum Gasteiger partial charge on any atom is -0.481 e. The molecule has 1 aliphatic carbocycles. The van der Waals surface area contributed by atoms with Gasteiger partial charge < -0.3 is 5.11 Å². The maximum Gasteiger partial charge on any atom is 0.416 e. The van der Waals surface area contributed by atoms with Gasteiger partial charge in [-0.05, 0) is 30.5 Å². The number of carboxylic acid groups (broad SMARTS) is 1. The van der Waals surface area contributed by atoms with Gasteiger partial charge in [-0.3, -0.25) is 4.79 Å². The van der Waals surface area contributed by atoms with Crippen LogP contribution in [0, 0.1) is 0 Å². The van der Waals surface area contributed by atoms with Crippen LogP contribution in [0.15, 0.2) is 23.1 Å². The van der Waals surface area contributed by atoms with Crippen LogP contribution in [0.1, 0.15) is 49.3 Å². The maximum atomic E-state index is 12.9. The van der Waals surface area contributed by atoms with Gasteiger partial charge in [-0.25, -0.2) is 8.42 Å². The zero-order chi connectivity index (χ0) is 17.7. The number of nitrogens with zero attached hydrogens (tertiary/aromatic N) is 1. The average molecular weight is 363 g/mol. The fourth-order valence-electron chi connectivity index (χ4n) is 3.60. The van der Waals surface area contributed by atoms with Crippen LogP contribution in [-0.4, -0.2) is 29.8 Å². The van der Waals surface area contributed by atoms with Gasteiger partial charge in [0, 0.05) is 6.04 Å². The SMILES string of the molecule is O=C(O)C[C@H]1c2ccc(C(F)(F)F)cc2S(=O)(=O)N1C1CCCC1. The van der Waals surface area contributed by atoms with E-state index in [1.165, 1.54) is 0 Å². The van der Waals surface area contributed by atoms with Gasteiger partial charge in [0.25, 0.3) is 0 Å². The van der Waals surface area contributed by atoms with Gasteiger partial charge in [0.15, 0.2) is 0 Å². The molecule has 3 rings (SSSR count). The van der Waals surface area contributed by atoms with Crippen LogP contribution in [0.25, 0.3) is 0 Å². The van der Waals surface area contributed by atoms with Crippen molar-refractivity contribution in [1.29, 1.82) is 0 Å². The van der Waals surface area contributed by atoms with Crippen LogP contribution >= 0.6 is 0 Å². The highest BCUT2D eigenvalue weighted by Gasteiger charge is 2.48. The van der Waals surface area contributed by atoms with Gasteiger partial charge in [-0.2, -0.15) is 17.5 Å². The minimum absolute atomic E-state index is 0.136. The molecule has 0 bridgehead atoms. The lowest BCUT2D eigenvalue weighted by molar-refractivity contribution is -0.139. The average Bonchev–Trinajstić information content (AvgIpc) is 3.03. The van der Waals surface area contributed by atoms with E-state index in [9.17, 15) is 26.4 Å². The van der Waals surface area contributed by atoms with Crippen LogP contribution in [-0.2, 0) is 21.0 Å². The van der Waals surface area contributed by atoms with E-state index in [-0.39, 0.29) is 11.6 Å². The van der Waals surface area contributed by atoms with E-state index in [0.29, 0.717) is 18.9 Å². The second-order valence-corrected chi connectivity index (χ2v) is 7.95. The molecule has 2 aliphatic rings. The number of carboxylic acids is 1. The molecule has 1 aromatic carbocycles. The Morgan fingerprint density at radius 3 is 2.42 bits per heavy atom. The highest BCUT2D eigenvalue weighted by Crippen LogP contribution is 2.47. The Balaban J connectivity index is 2.13. The Kier molecular flexibility index (Phi) is 4.11. The van der Waals surface area contributed by atoms with Crippen LogP contribution in [0.4, 0.5) is 13.2 Å². The van der Waals surface area contributed by atoms with Crippen molar-refractivity contribution >= 4 is 16.0 Å². The molecule has 1 saturated carbocycles. The number of aliphatic carboxylic acids is 1. The molecule has 1 heterocycles. The third-order valence-corrected chi connectivity index (χ3v) is 6.63. The van der Waals surface area contributed by atoms with Gasteiger partial charge in [0.05, 0.1) is 22.9 Å². The largest absolute Gasteiger partial charge is 0.481 e. The molecular weight excluding hydrogens is 347 g/mol. The lowest BCUT2D eigenvalue weighted by Crippen LogP contribution is -2.37. The molecule has 1 fully saturated rings. The molecule has 1 aliphatic heterocycles. The number of hydrogen-bond donors (Lipinski definition) is 1. The Hall–Kier alpha value is -1.61. The number of hydrogen-bond acceptors (Lipinski definition) is 3. The Morgan fingerprint density at radius 2 is 1.88 bits per heavy atom. The fraction of sp³-hybridized carbons (Fsp3) is 0.533. The second kappa shape index (κ2) is 5.73. The molecule has 5 nitrogen and oxygen atoms in total. The summed E-state index contributed by atoms with van der Waals surface area (Å²) in [5.41, 5.74) is -0.913. The van der Waals surface area contributed by atoms with E-state index >= 15 is 0 Å². The van der Waals surface area contributed by atoms with Crippen molar-refractivity contribution in [2.75, 3.05) is 0 Å². The Morgan fingerprint density at radius 1 is 1.25 bits per heavy atom. The molecule has 0 amide bonds. The third kappa shape index (κ3) is 2.79. The summed E-state index contributed by atoms with van der Waals surface area (Å²) in [6.07, 6.45) is -2.30. The molecule has 132 valence electrons. The first-order valence-electron chi connectivity index (χ1n) is 7.59. The minimum atomic E-state index is -4.66. The predicted octanol–water partition coefficient (Wildman–Crippen LogP) is 3.17. The monoisotopic (exact) mass is 363 g/mol. The topological polar surface area (TPSA) is 74.7 Å². The van der Waals surface area contributed by atoms with Crippen molar-refractivity contribution in [3.8, 4) is 0 Å². The zero-order valence-electron chi connectivity index (χ0n) is 12.6. The van der Waals surface area contributed by atoms with Gasteiger partial charge in [-0.1, -0.05) is 18.9 Å². The normalized spacial score (nSPS) is 24.2. The highest BCUT2D eigenvalue weighted by atomic mass is 32.2. The highest BCUT2D eigenvalue weighted by molar-refractivity contribution is 7.89. The summed E-state index contributed by atoms with van der Waals surface area (Å²) in [5, 5.41) is 9.11. The van der Waals surface area contributed by atoms with Gasteiger partial charge in [0.2, 0.25) is 10.0 Å². The number of benzene rings is 1. The molecule has 0 radical (unpaired) electrons. The van der Waals surface area contributed by atoms with E-state index in [1.807, 2.05) is 0 Å². The molecule has 0 aromatic heterocycles. The number of rotatable bonds is 3. The van der Waals surface area contributed by atoms with Crippen molar-refractivity contribution in [2.24, 2.45) is 0 Å². The first-order chi connectivity index (χ1) is 11.1. The maximum absolute atomic E-state index is 12.9. The summed E-state index contributed by atoms with van der Waals surface area (Å²) in [6.45, 7) is 0. The summed E-state index contributed by atoms with van der Waals surface area (Å²) in [6, 6.07) is 1.21. The predicted molar refractivity (Wildman–Crippen MR) is 77.7 cm³/mol. The van der Waals surface area contributed by atoms with Crippen molar-refractivity contribution < 1.29 is 31.5 Å². The zero-order valence-corrected chi connectivity index (χ0v) is 13.4. The van der Waals surface area contributed by atoms with Gasteiger partial charge in [0.1, 0.15) is 0 Å². The lowest BCUT2D eigenvalue weighted by atomic mass is 10.0. The summed E-state index contributed by atoms with van der Waals surface area (Å²) < 4.78 is 65.5. The molecule has 1 aromatic rings. The van der Waals surface area contributed by atoms with Crippen molar-refractivity contribution in [2.45, 2.75) is 55.3 Å². The van der Waals surface area contributed by atoms with E-state index in [4.69, 9.17) is 5.11 Å². The number of fused-ring (bicyclic) bond motifs is 1. The van der Waals surface area contributed by atoms with Crippen molar-refractivity contribution in [3.05, 3.63) is 29.3 Å². The third-order valence-electron chi connectivity index (χ3n) is 4.62. The molecule has 1 N–H and O–H groups in total. The number of sulfonamides is 1. The summed E-state index contributed by atoms with van der Waals surface area (Å²) >= 11 is 0. The first-order valence-corrected chi connectivity index (χ1v) is 9.03. The van der Waals surface area contributed by atoms with E-state index < -0.39 is 45.1 Å². The van der Waals surface area contributed by atoms with Gasteiger partial charge in [-0.15, -0.1) is 0 Å². The number of carbonyl (C=O) groups is 1. The Labute approximate surface area is 137 Å². The Bertz CT molecular complexity index is 769. The molecule has 1 atom stereocenters. The first kappa shape index (κ1) is 17.2. The second-order valence-electron chi connectivity index (χ2n) is 6.14. The molecular formula is C15H16F3NO4S. The van der Waals surface area contributed by atoms with Crippen LogP contribution in [0.2, 0.25) is 0 Å². The van der Waals surface area contributed by atoms with Crippen molar-refractivity contribution in [1.82, 2.24) is 4.31 Å². The van der Waals surface area contributed by atoms with Crippen molar-refractivity contribution in [3.63, 3.8) is 0 Å². The van der Waals surface area contributed by atoms with Gasteiger partial charge >= 0.3 is 12.1 Å². The standard InChI is InChI=1S/C15H16F3NO4S/c16-15(17,18)9-5-6-11-12(8-14(20)21)19(10-3-1-2-4-10)24(22,23)13(11)7-9/h5-7,10,12H,1-4,8H2,(H,20,21)/t12-/m0/s1. The van der Waals surface area contributed by atoms with E-state index in [2.05, 4.69) is 0 Å². The van der Waals surface area contributed by atoms with Crippen LogP contribution in [0.3, 0.4) is 0 Å². The molecule has 9 heteroatoms. The molecule has 0 saturated heterocycles. The summed E-state index contributed by atoms with van der Waals surface area (Å²) in [4.78, 5) is 10.7. The molecule has 0 unspecified atom stereocenters. The van der Waals surface area contributed by atoms with E-state index in [0.717, 1.165) is 29.3 Å². The quantitative estimate of drug-likeness (QED) is 0.895. The fourth-order valence-corrected chi connectivity index (χ4v) is 5.73. The lowest BCUT2D eigenvalue weighted by Gasteiger charge is -2.28. The molecule has 0 spiro atoms. The van der Waals surface area contributed by atoms with Crippen LogP contribution in [0.5, 0.6) is 0 Å².